The lowest BCUT2D eigenvalue weighted by atomic mass is 9.90. The molecule has 4 fully saturated rings. The zero-order valence-electron chi connectivity index (χ0n) is 26.7. The molecule has 2 aromatic rings. The number of halogens is 1. The van der Waals surface area contributed by atoms with Crippen LogP contribution in [0, 0.1) is 0 Å². The fraction of sp³-hybridized carbons (Fsp3) is 0.588. The molecular formula is C34H47ClN2O11. The molecule has 48 heavy (non-hydrogen) atoms. The van der Waals surface area contributed by atoms with Crippen molar-refractivity contribution in [1.29, 1.82) is 0 Å². The summed E-state index contributed by atoms with van der Waals surface area (Å²) in [6, 6.07) is 12.4. The smallest absolute Gasteiger partial charge is 0.320 e. The summed E-state index contributed by atoms with van der Waals surface area (Å²) in [7, 11) is 0. The predicted molar refractivity (Wildman–Crippen MR) is 175 cm³/mol. The second-order valence-corrected chi connectivity index (χ2v) is 12.7. The summed E-state index contributed by atoms with van der Waals surface area (Å²) in [5.41, 5.74) is 2.46. The average Bonchev–Trinajstić information content (AvgIpc) is 3.48. The van der Waals surface area contributed by atoms with E-state index in [0.717, 1.165) is 68.5 Å². The Balaban J connectivity index is 0.000000264. The van der Waals surface area contributed by atoms with Gasteiger partial charge in [-0.25, -0.2) is 0 Å². The van der Waals surface area contributed by atoms with Crippen molar-refractivity contribution in [3.63, 3.8) is 0 Å². The van der Waals surface area contributed by atoms with Crippen molar-refractivity contribution < 1.29 is 54.4 Å². The van der Waals surface area contributed by atoms with Gasteiger partial charge in [-0.15, -0.1) is 0 Å². The number of nitrogens with one attached hydrogen (secondary N) is 2. The minimum absolute atomic E-state index is 0.269. The van der Waals surface area contributed by atoms with Crippen molar-refractivity contribution in [2.75, 3.05) is 32.9 Å². The largest absolute Gasteiger partial charge is 0.491 e. The van der Waals surface area contributed by atoms with Gasteiger partial charge in [-0.2, -0.15) is 0 Å². The summed E-state index contributed by atoms with van der Waals surface area (Å²) >= 11 is 6.40. The van der Waals surface area contributed by atoms with Crippen molar-refractivity contribution in [1.82, 2.24) is 10.6 Å². The number of carboxylic acids is 2. The molecule has 2 aromatic carbocycles. The average molecular weight is 695 g/mol. The molecule has 3 heterocycles. The van der Waals surface area contributed by atoms with E-state index in [1.807, 2.05) is 30.3 Å². The number of aliphatic carboxylic acids is 2. The monoisotopic (exact) mass is 694 g/mol. The summed E-state index contributed by atoms with van der Waals surface area (Å²) in [6.45, 7) is 2.35. The molecule has 14 heteroatoms. The van der Waals surface area contributed by atoms with Gasteiger partial charge in [0.25, 0.3) is 0 Å². The molecule has 0 bridgehead atoms. The third-order valence-corrected chi connectivity index (χ3v) is 8.92. The van der Waals surface area contributed by atoms with Gasteiger partial charge in [0.15, 0.2) is 0 Å². The van der Waals surface area contributed by atoms with Crippen LogP contribution in [0.1, 0.15) is 61.3 Å². The van der Waals surface area contributed by atoms with E-state index in [2.05, 4.69) is 10.6 Å². The highest BCUT2D eigenvalue weighted by molar-refractivity contribution is 6.31. The Morgan fingerprint density at radius 1 is 0.833 bits per heavy atom. The maximum Gasteiger partial charge on any atom is 0.320 e. The summed E-state index contributed by atoms with van der Waals surface area (Å²) in [5.74, 6) is -0.667. The Hall–Kier alpha value is -2.85. The van der Waals surface area contributed by atoms with Crippen molar-refractivity contribution in [3.8, 4) is 5.75 Å². The SMILES string of the molecule is O=C(O)C1CCCN1.O=C(O)C1CCCN1.OCC1OC(c2ccc(Cl)c(Cc3ccc(OCCOC4CC4)cc3)c2)C(O)C(O)C1O. The highest BCUT2D eigenvalue weighted by Gasteiger charge is 2.44. The van der Waals surface area contributed by atoms with Gasteiger partial charge in [-0.3, -0.25) is 9.59 Å². The second-order valence-electron chi connectivity index (χ2n) is 12.3. The molecule has 1 aliphatic carbocycles. The molecule has 7 unspecified atom stereocenters. The molecule has 7 atom stereocenters. The first-order valence-electron chi connectivity index (χ1n) is 16.4. The van der Waals surface area contributed by atoms with E-state index < -0.39 is 49.1 Å². The topological polar surface area (TPSA) is 207 Å². The van der Waals surface area contributed by atoms with Gasteiger partial charge in [0.2, 0.25) is 0 Å². The van der Waals surface area contributed by atoms with Gasteiger partial charge >= 0.3 is 11.9 Å². The zero-order valence-corrected chi connectivity index (χ0v) is 27.5. The Bertz CT molecular complexity index is 1270. The molecular weight excluding hydrogens is 648 g/mol. The summed E-state index contributed by atoms with van der Waals surface area (Å²) < 4.78 is 16.9. The third-order valence-electron chi connectivity index (χ3n) is 8.56. The highest BCUT2D eigenvalue weighted by Crippen LogP contribution is 2.34. The fourth-order valence-corrected chi connectivity index (χ4v) is 5.79. The zero-order chi connectivity index (χ0) is 34.6. The maximum atomic E-state index is 10.4. The van der Waals surface area contributed by atoms with Crippen LogP contribution in [0.3, 0.4) is 0 Å². The molecule has 266 valence electrons. The predicted octanol–water partition coefficient (Wildman–Crippen LogP) is 1.65. The quantitative estimate of drug-likeness (QED) is 0.158. The molecule has 0 spiro atoms. The van der Waals surface area contributed by atoms with Gasteiger partial charge in [0.1, 0.15) is 55.0 Å². The summed E-state index contributed by atoms with van der Waals surface area (Å²) in [6.07, 6.45) is 0.838. The normalized spacial score (nSPS) is 28.1. The van der Waals surface area contributed by atoms with E-state index in [1.54, 1.807) is 12.1 Å². The molecule has 6 rings (SSSR count). The van der Waals surface area contributed by atoms with Crippen LogP contribution in [0.5, 0.6) is 5.75 Å². The van der Waals surface area contributed by atoms with Crippen molar-refractivity contribution in [2.24, 2.45) is 0 Å². The molecule has 8 N–H and O–H groups in total. The van der Waals surface area contributed by atoms with Crippen molar-refractivity contribution in [3.05, 3.63) is 64.2 Å². The van der Waals surface area contributed by atoms with Crippen LogP contribution >= 0.6 is 11.6 Å². The van der Waals surface area contributed by atoms with E-state index in [9.17, 15) is 30.0 Å². The number of hydrogen-bond donors (Lipinski definition) is 8. The van der Waals surface area contributed by atoms with Crippen LogP contribution in [-0.4, -0.2) is 118 Å². The minimum Gasteiger partial charge on any atom is -0.491 e. The molecule has 4 aliphatic rings. The first-order valence-corrected chi connectivity index (χ1v) is 16.8. The van der Waals surface area contributed by atoms with E-state index in [4.69, 9.17) is 36.0 Å². The first kappa shape index (κ1) is 38.0. The number of benzene rings is 2. The molecule has 13 nitrogen and oxygen atoms in total. The van der Waals surface area contributed by atoms with Gasteiger partial charge in [-0.05, 0) is 92.9 Å². The standard InChI is InChI=1S/C24H29ClO7.2C5H9NO2/c25-19-8-3-15(24-23(29)22(28)21(27)20(13-26)32-24)12-16(19)11-14-1-4-17(5-2-14)30-9-10-31-18-6-7-18;2*7-5(8)4-2-1-3-6-4/h1-5,8,12,18,20-24,26-29H,6-7,9-11,13H2;2*4,6H,1-3H2,(H,7,8). The second kappa shape index (κ2) is 18.8. The highest BCUT2D eigenvalue weighted by atomic mass is 35.5. The lowest BCUT2D eigenvalue weighted by Gasteiger charge is -2.40. The number of ether oxygens (including phenoxy) is 3. The first-order chi connectivity index (χ1) is 23.1. The number of rotatable bonds is 11. The number of hydrogen-bond acceptors (Lipinski definition) is 11. The van der Waals surface area contributed by atoms with Crippen LogP contribution < -0.4 is 15.4 Å². The summed E-state index contributed by atoms with van der Waals surface area (Å²) in [5, 5.41) is 62.9. The van der Waals surface area contributed by atoms with Crippen LogP contribution in [-0.2, 0) is 25.5 Å². The van der Waals surface area contributed by atoms with E-state index in [-0.39, 0.29) is 12.1 Å². The van der Waals surface area contributed by atoms with Crippen LogP contribution in [0.4, 0.5) is 0 Å². The third kappa shape index (κ3) is 11.4. The van der Waals surface area contributed by atoms with Gasteiger partial charge < -0.3 is 55.5 Å². The number of carboxylic acid groups (broad SMARTS) is 2. The van der Waals surface area contributed by atoms with Crippen molar-refractivity contribution >= 4 is 23.5 Å². The van der Waals surface area contributed by atoms with E-state index in [1.165, 1.54) is 0 Å². The van der Waals surface area contributed by atoms with Gasteiger partial charge in [0.05, 0.1) is 19.3 Å². The molecule has 3 aliphatic heterocycles. The molecule has 1 saturated carbocycles. The van der Waals surface area contributed by atoms with Gasteiger partial charge in [-0.1, -0.05) is 35.9 Å². The molecule has 0 radical (unpaired) electrons. The number of aliphatic hydroxyl groups is 4. The molecule has 0 amide bonds. The van der Waals surface area contributed by atoms with Crippen LogP contribution in [0.15, 0.2) is 42.5 Å². The molecule has 0 aromatic heterocycles. The summed E-state index contributed by atoms with van der Waals surface area (Å²) in [4.78, 5) is 20.3. The lowest BCUT2D eigenvalue weighted by molar-refractivity contribution is -0.231. The minimum atomic E-state index is -1.42. The van der Waals surface area contributed by atoms with Crippen LogP contribution in [0.2, 0.25) is 5.02 Å². The number of aliphatic hydroxyl groups excluding tert-OH is 4. The van der Waals surface area contributed by atoms with E-state index >= 15 is 0 Å². The number of carbonyl (C=O) groups is 2. The van der Waals surface area contributed by atoms with E-state index in [0.29, 0.717) is 36.3 Å². The van der Waals surface area contributed by atoms with Gasteiger partial charge in [0, 0.05) is 5.02 Å². The molecule has 3 saturated heterocycles. The fourth-order valence-electron chi connectivity index (χ4n) is 5.61. The Kier molecular flexibility index (Phi) is 14.9. The Morgan fingerprint density at radius 3 is 1.96 bits per heavy atom. The maximum absolute atomic E-state index is 10.4. The Labute approximate surface area is 284 Å². The Morgan fingerprint density at radius 2 is 1.46 bits per heavy atom. The van der Waals surface area contributed by atoms with Crippen molar-refractivity contribution in [2.45, 2.75) is 93.7 Å². The van der Waals surface area contributed by atoms with Crippen LogP contribution in [0.25, 0.3) is 0 Å². The lowest BCUT2D eigenvalue weighted by Crippen LogP contribution is -2.55.